The van der Waals surface area contributed by atoms with Crippen molar-refractivity contribution in [3.8, 4) is 5.75 Å². The molecule has 0 aliphatic carbocycles. The van der Waals surface area contributed by atoms with Gasteiger partial charge >= 0.3 is 0 Å². The van der Waals surface area contributed by atoms with Gasteiger partial charge in [-0.1, -0.05) is 29.8 Å². The first-order valence-electron chi connectivity index (χ1n) is 9.13. The van der Waals surface area contributed by atoms with E-state index in [-0.39, 0.29) is 23.9 Å². The molecule has 148 valence electrons. The highest BCUT2D eigenvalue weighted by Gasteiger charge is 2.25. The quantitative estimate of drug-likeness (QED) is 0.830. The van der Waals surface area contributed by atoms with Crippen molar-refractivity contribution in [1.82, 2.24) is 10.2 Å². The molecule has 1 aliphatic heterocycles. The molecule has 0 atom stereocenters. The van der Waals surface area contributed by atoms with Gasteiger partial charge in [0.05, 0.1) is 19.1 Å². The molecule has 2 amide bonds. The number of amides is 2. The molecule has 0 unspecified atom stereocenters. The number of ether oxygens (including phenoxy) is 1. The molecule has 0 saturated carbocycles. The molecule has 1 saturated heterocycles. The molecule has 2 aromatic carbocycles. The summed E-state index contributed by atoms with van der Waals surface area (Å²) in [5.41, 5.74) is 0.782. The molecule has 3 rings (SSSR count). The number of hydrogen-bond donors (Lipinski definition) is 1. The van der Waals surface area contributed by atoms with Gasteiger partial charge in [-0.15, -0.1) is 0 Å². The highest BCUT2D eigenvalue weighted by molar-refractivity contribution is 6.31. The minimum Gasteiger partial charge on any atom is -0.496 e. The fourth-order valence-electron chi connectivity index (χ4n) is 3.33. The van der Waals surface area contributed by atoms with Crippen molar-refractivity contribution in [2.24, 2.45) is 0 Å². The van der Waals surface area contributed by atoms with Crippen molar-refractivity contribution in [2.75, 3.05) is 20.2 Å². The predicted octanol–water partition coefficient (Wildman–Crippen LogP) is 3.45. The van der Waals surface area contributed by atoms with Crippen LogP contribution in [0.25, 0.3) is 0 Å². The number of carbonyl (C=O) groups excluding carboxylic acids is 2. The minimum absolute atomic E-state index is 0.0233. The van der Waals surface area contributed by atoms with E-state index in [2.05, 4.69) is 5.32 Å². The summed E-state index contributed by atoms with van der Waals surface area (Å²) in [5, 5.41) is 3.14. The summed E-state index contributed by atoms with van der Waals surface area (Å²) >= 11 is 5.85. The molecule has 0 spiro atoms. The number of hydrogen-bond acceptors (Lipinski definition) is 3. The van der Waals surface area contributed by atoms with Gasteiger partial charge < -0.3 is 15.0 Å². The normalized spacial score (nSPS) is 14.6. The van der Waals surface area contributed by atoms with E-state index in [0.717, 1.165) is 5.56 Å². The number of nitrogens with zero attached hydrogens (tertiary/aromatic N) is 1. The van der Waals surface area contributed by atoms with Crippen molar-refractivity contribution in [1.29, 1.82) is 0 Å². The molecule has 1 fully saturated rings. The van der Waals surface area contributed by atoms with E-state index < -0.39 is 11.7 Å². The van der Waals surface area contributed by atoms with Crippen molar-refractivity contribution in [3.05, 3.63) is 64.4 Å². The van der Waals surface area contributed by atoms with Gasteiger partial charge in [0.25, 0.3) is 5.91 Å². The number of nitrogens with one attached hydrogen (secondary N) is 1. The van der Waals surface area contributed by atoms with Crippen molar-refractivity contribution < 1.29 is 18.7 Å². The number of piperidine rings is 1. The molecule has 7 heteroatoms. The lowest BCUT2D eigenvalue weighted by Crippen LogP contribution is -2.47. The predicted molar refractivity (Wildman–Crippen MR) is 105 cm³/mol. The molecule has 1 heterocycles. The molecule has 0 bridgehead atoms. The zero-order valence-corrected chi connectivity index (χ0v) is 16.3. The summed E-state index contributed by atoms with van der Waals surface area (Å²) in [6, 6.07) is 11.2. The van der Waals surface area contributed by atoms with Crippen molar-refractivity contribution in [3.63, 3.8) is 0 Å². The summed E-state index contributed by atoms with van der Waals surface area (Å²) in [7, 11) is 1.58. The van der Waals surface area contributed by atoms with Crippen LogP contribution in [0.4, 0.5) is 4.39 Å². The summed E-state index contributed by atoms with van der Waals surface area (Å²) in [6.07, 6.45) is 1.51. The highest BCUT2D eigenvalue weighted by Crippen LogP contribution is 2.20. The van der Waals surface area contributed by atoms with Crippen LogP contribution in [-0.4, -0.2) is 43.0 Å². The van der Waals surface area contributed by atoms with Gasteiger partial charge in [0, 0.05) is 29.7 Å². The summed E-state index contributed by atoms with van der Waals surface area (Å²) < 4.78 is 19.1. The molecule has 0 aromatic heterocycles. The van der Waals surface area contributed by atoms with Crippen LogP contribution in [-0.2, 0) is 11.2 Å². The number of rotatable bonds is 5. The Morgan fingerprint density at radius 3 is 2.64 bits per heavy atom. The van der Waals surface area contributed by atoms with Crippen molar-refractivity contribution in [2.45, 2.75) is 25.3 Å². The van der Waals surface area contributed by atoms with Gasteiger partial charge in [0.2, 0.25) is 5.91 Å². The molecule has 2 aromatic rings. The number of para-hydroxylation sites is 1. The van der Waals surface area contributed by atoms with Crippen LogP contribution in [0.3, 0.4) is 0 Å². The largest absolute Gasteiger partial charge is 0.496 e. The van der Waals surface area contributed by atoms with Crippen LogP contribution in [0.1, 0.15) is 28.8 Å². The van der Waals surface area contributed by atoms with Crippen LogP contribution >= 0.6 is 11.6 Å². The van der Waals surface area contributed by atoms with E-state index in [9.17, 15) is 14.0 Å². The lowest BCUT2D eigenvalue weighted by Gasteiger charge is -2.32. The smallest absolute Gasteiger partial charge is 0.254 e. The second kappa shape index (κ2) is 9.06. The number of benzene rings is 2. The Morgan fingerprint density at radius 1 is 1.21 bits per heavy atom. The average molecular weight is 405 g/mol. The Balaban J connectivity index is 1.53. The fraction of sp³-hybridized carbons (Fsp3) is 0.333. The fourth-order valence-corrected chi connectivity index (χ4v) is 3.50. The van der Waals surface area contributed by atoms with Gasteiger partial charge in [-0.05, 0) is 37.1 Å². The van der Waals surface area contributed by atoms with Crippen molar-refractivity contribution >= 4 is 23.4 Å². The Hall–Kier alpha value is -2.60. The van der Waals surface area contributed by atoms with E-state index in [0.29, 0.717) is 36.7 Å². The van der Waals surface area contributed by atoms with Crippen LogP contribution in [0.15, 0.2) is 42.5 Å². The van der Waals surface area contributed by atoms with E-state index in [1.54, 1.807) is 12.0 Å². The third-order valence-electron chi connectivity index (χ3n) is 4.89. The third kappa shape index (κ3) is 4.81. The van der Waals surface area contributed by atoms with E-state index >= 15 is 0 Å². The SMILES string of the molecule is COc1ccccc1CC(=O)N1CCC(NC(=O)c2cc(Cl)ccc2F)CC1. The van der Waals surface area contributed by atoms with E-state index in [1.807, 2.05) is 24.3 Å². The van der Waals surface area contributed by atoms with Crippen LogP contribution < -0.4 is 10.1 Å². The highest BCUT2D eigenvalue weighted by atomic mass is 35.5. The maximum atomic E-state index is 13.8. The van der Waals surface area contributed by atoms with Gasteiger partial charge in [0.1, 0.15) is 11.6 Å². The Morgan fingerprint density at radius 2 is 1.93 bits per heavy atom. The van der Waals surface area contributed by atoms with Crippen LogP contribution in [0.2, 0.25) is 5.02 Å². The summed E-state index contributed by atoms with van der Waals surface area (Å²) in [5.74, 6) is -0.373. The van der Waals surface area contributed by atoms with Gasteiger partial charge in [0.15, 0.2) is 0 Å². The first kappa shape index (κ1) is 20.1. The lowest BCUT2D eigenvalue weighted by atomic mass is 10.0. The maximum absolute atomic E-state index is 13.8. The zero-order valence-electron chi connectivity index (χ0n) is 15.6. The standard InChI is InChI=1S/C21H22ClFN2O3/c1-28-19-5-3-2-4-14(19)12-20(26)25-10-8-16(9-11-25)24-21(27)17-13-15(22)6-7-18(17)23/h2-7,13,16H,8-12H2,1H3,(H,24,27). The van der Waals surface area contributed by atoms with Gasteiger partial charge in [-0.25, -0.2) is 4.39 Å². The molecule has 1 aliphatic rings. The third-order valence-corrected chi connectivity index (χ3v) is 5.13. The van der Waals surface area contributed by atoms with Gasteiger partial charge in [-0.2, -0.15) is 0 Å². The Kier molecular flexibility index (Phi) is 6.52. The average Bonchev–Trinajstić information content (AvgIpc) is 2.70. The molecule has 28 heavy (non-hydrogen) atoms. The summed E-state index contributed by atoms with van der Waals surface area (Å²) in [6.45, 7) is 1.08. The first-order valence-corrected chi connectivity index (χ1v) is 9.51. The maximum Gasteiger partial charge on any atom is 0.254 e. The Labute approximate surface area is 168 Å². The van der Waals surface area contributed by atoms with Gasteiger partial charge in [-0.3, -0.25) is 9.59 Å². The summed E-state index contributed by atoms with van der Waals surface area (Å²) in [4.78, 5) is 26.7. The minimum atomic E-state index is -0.605. The molecule has 1 N–H and O–H groups in total. The molecular formula is C21H22ClFN2O3. The van der Waals surface area contributed by atoms with E-state index in [1.165, 1.54) is 18.2 Å². The number of halogens is 2. The first-order chi connectivity index (χ1) is 13.5. The number of likely N-dealkylation sites (tertiary alicyclic amines) is 1. The molecular weight excluding hydrogens is 383 g/mol. The number of carbonyl (C=O) groups is 2. The molecule has 5 nitrogen and oxygen atoms in total. The second-order valence-electron chi connectivity index (χ2n) is 6.74. The topological polar surface area (TPSA) is 58.6 Å². The number of methoxy groups -OCH3 is 1. The van der Waals surface area contributed by atoms with E-state index in [4.69, 9.17) is 16.3 Å². The molecule has 0 radical (unpaired) electrons. The second-order valence-corrected chi connectivity index (χ2v) is 7.18. The van der Waals surface area contributed by atoms with Crippen LogP contribution in [0, 0.1) is 5.82 Å². The zero-order chi connectivity index (χ0) is 20.1. The van der Waals surface area contributed by atoms with Crippen LogP contribution in [0.5, 0.6) is 5.75 Å². The Bertz CT molecular complexity index is 866. The lowest BCUT2D eigenvalue weighted by molar-refractivity contribution is -0.131. The monoisotopic (exact) mass is 404 g/mol.